The SMILES string of the molecule is COC(=O)c1ccc(-n2cccc2[C@H]2[C@H](c3ccccn3)NC(=S)N2c2ccc(N3CCC(C)CC3)c(Cl)c2)cc1. The number of anilines is 2. The molecule has 2 aliphatic heterocycles. The van der Waals surface area contributed by atoms with Crippen LogP contribution < -0.4 is 15.1 Å². The molecule has 210 valence electrons. The van der Waals surface area contributed by atoms with Gasteiger partial charge in [0.05, 0.1) is 35.1 Å². The summed E-state index contributed by atoms with van der Waals surface area (Å²) in [6.07, 6.45) is 6.16. The number of nitrogens with one attached hydrogen (secondary N) is 1. The van der Waals surface area contributed by atoms with Crippen LogP contribution >= 0.6 is 23.8 Å². The molecular weight excluding hydrogens is 554 g/mol. The van der Waals surface area contributed by atoms with Crippen LogP contribution in [-0.2, 0) is 4.74 Å². The van der Waals surface area contributed by atoms with Crippen molar-refractivity contribution in [3.05, 3.63) is 107 Å². The van der Waals surface area contributed by atoms with Gasteiger partial charge < -0.3 is 24.4 Å². The lowest BCUT2D eigenvalue weighted by molar-refractivity contribution is 0.0600. The fraction of sp³-hybridized carbons (Fsp3) is 0.281. The lowest BCUT2D eigenvalue weighted by Crippen LogP contribution is -2.33. The van der Waals surface area contributed by atoms with Gasteiger partial charge in [-0.25, -0.2) is 4.79 Å². The van der Waals surface area contributed by atoms with Crippen molar-refractivity contribution in [1.29, 1.82) is 0 Å². The Morgan fingerprint density at radius 1 is 1.02 bits per heavy atom. The second-order valence-corrected chi connectivity index (χ2v) is 11.4. The molecule has 7 nitrogen and oxygen atoms in total. The van der Waals surface area contributed by atoms with Crippen molar-refractivity contribution in [3.63, 3.8) is 0 Å². The number of pyridine rings is 1. The van der Waals surface area contributed by atoms with Crippen LogP contribution in [-0.4, -0.2) is 40.8 Å². The van der Waals surface area contributed by atoms with Crippen molar-refractivity contribution in [2.24, 2.45) is 5.92 Å². The zero-order valence-electron chi connectivity index (χ0n) is 23.0. The summed E-state index contributed by atoms with van der Waals surface area (Å²) in [4.78, 5) is 21.2. The molecule has 4 aromatic rings. The molecule has 0 radical (unpaired) electrons. The van der Waals surface area contributed by atoms with Gasteiger partial charge in [0.15, 0.2) is 5.11 Å². The lowest BCUT2D eigenvalue weighted by Gasteiger charge is -2.33. The molecule has 2 atom stereocenters. The predicted octanol–water partition coefficient (Wildman–Crippen LogP) is 6.73. The van der Waals surface area contributed by atoms with Crippen molar-refractivity contribution >= 4 is 46.3 Å². The molecule has 0 saturated carbocycles. The van der Waals surface area contributed by atoms with Gasteiger partial charge in [0.25, 0.3) is 0 Å². The molecule has 0 amide bonds. The molecule has 2 aromatic carbocycles. The van der Waals surface area contributed by atoms with Crippen LogP contribution in [0.4, 0.5) is 11.4 Å². The second-order valence-electron chi connectivity index (χ2n) is 10.6. The maximum absolute atomic E-state index is 12.0. The Morgan fingerprint density at radius 2 is 1.78 bits per heavy atom. The molecule has 2 aromatic heterocycles. The minimum Gasteiger partial charge on any atom is -0.465 e. The van der Waals surface area contributed by atoms with Crippen LogP contribution in [0.3, 0.4) is 0 Å². The third kappa shape index (κ3) is 5.29. The van der Waals surface area contributed by atoms with Gasteiger partial charge in [0.2, 0.25) is 0 Å². The van der Waals surface area contributed by atoms with E-state index in [0.717, 1.165) is 47.5 Å². The predicted molar refractivity (Wildman–Crippen MR) is 167 cm³/mol. The number of halogens is 1. The molecule has 41 heavy (non-hydrogen) atoms. The Balaban J connectivity index is 1.40. The number of piperidine rings is 1. The number of methoxy groups -OCH3 is 1. The van der Waals surface area contributed by atoms with Gasteiger partial charge >= 0.3 is 5.97 Å². The fourth-order valence-electron chi connectivity index (χ4n) is 5.83. The topological polar surface area (TPSA) is 62.6 Å². The summed E-state index contributed by atoms with van der Waals surface area (Å²) in [6.45, 7) is 4.33. The lowest BCUT2D eigenvalue weighted by atomic mass is 9.98. The molecule has 0 aliphatic carbocycles. The van der Waals surface area contributed by atoms with Gasteiger partial charge in [-0.05, 0) is 97.7 Å². The van der Waals surface area contributed by atoms with Gasteiger partial charge in [-0.2, -0.15) is 0 Å². The van der Waals surface area contributed by atoms with Crippen molar-refractivity contribution in [1.82, 2.24) is 14.9 Å². The largest absolute Gasteiger partial charge is 0.465 e. The summed E-state index contributed by atoms with van der Waals surface area (Å²) in [5.41, 5.74) is 5.30. The van der Waals surface area contributed by atoms with E-state index >= 15 is 0 Å². The van der Waals surface area contributed by atoms with Crippen LogP contribution in [0.5, 0.6) is 0 Å². The highest BCUT2D eigenvalue weighted by Crippen LogP contribution is 2.44. The maximum Gasteiger partial charge on any atom is 0.337 e. The number of thiocarbonyl (C=S) groups is 1. The smallest absolute Gasteiger partial charge is 0.337 e. The Bertz CT molecular complexity index is 1550. The second kappa shape index (κ2) is 11.5. The number of benzene rings is 2. The van der Waals surface area contributed by atoms with Crippen LogP contribution in [0.1, 0.15) is 53.6 Å². The summed E-state index contributed by atoms with van der Waals surface area (Å²) in [5.74, 6) is 0.380. The first kappa shape index (κ1) is 27.3. The van der Waals surface area contributed by atoms with E-state index < -0.39 is 0 Å². The van der Waals surface area contributed by atoms with Gasteiger partial charge in [-0.1, -0.05) is 24.6 Å². The van der Waals surface area contributed by atoms with E-state index in [-0.39, 0.29) is 18.1 Å². The number of esters is 1. The molecule has 4 heterocycles. The first-order valence-electron chi connectivity index (χ1n) is 13.9. The van der Waals surface area contributed by atoms with E-state index in [1.165, 1.54) is 20.0 Å². The van der Waals surface area contributed by atoms with Crippen LogP contribution in [0, 0.1) is 5.92 Å². The molecule has 2 aliphatic rings. The van der Waals surface area contributed by atoms with Gasteiger partial charge in [-0.15, -0.1) is 0 Å². The van der Waals surface area contributed by atoms with E-state index in [0.29, 0.717) is 15.7 Å². The zero-order chi connectivity index (χ0) is 28.5. The Morgan fingerprint density at radius 3 is 2.46 bits per heavy atom. The fourth-order valence-corrected chi connectivity index (χ4v) is 6.47. The van der Waals surface area contributed by atoms with E-state index in [1.807, 2.05) is 48.7 Å². The highest BCUT2D eigenvalue weighted by molar-refractivity contribution is 7.80. The Kier molecular flexibility index (Phi) is 7.69. The molecule has 2 saturated heterocycles. The zero-order valence-corrected chi connectivity index (χ0v) is 24.6. The molecular formula is C32H32ClN5O2S. The van der Waals surface area contributed by atoms with Crippen LogP contribution in [0.25, 0.3) is 5.69 Å². The number of carbonyl (C=O) groups excluding carboxylic acids is 1. The highest BCUT2D eigenvalue weighted by atomic mass is 35.5. The minimum absolute atomic E-state index is 0.200. The third-order valence-electron chi connectivity index (χ3n) is 8.08. The van der Waals surface area contributed by atoms with E-state index in [1.54, 1.807) is 18.3 Å². The van der Waals surface area contributed by atoms with Crippen molar-refractivity contribution in [2.45, 2.75) is 31.8 Å². The quantitative estimate of drug-likeness (QED) is 0.199. The monoisotopic (exact) mass is 585 g/mol. The number of rotatable bonds is 6. The summed E-state index contributed by atoms with van der Waals surface area (Å²) in [6, 6.07) is 23.3. The van der Waals surface area contributed by atoms with E-state index in [4.69, 9.17) is 28.6 Å². The molecule has 0 unspecified atom stereocenters. The molecule has 0 spiro atoms. The van der Waals surface area contributed by atoms with Gasteiger partial charge in [0, 0.05) is 42.6 Å². The van der Waals surface area contributed by atoms with E-state index in [9.17, 15) is 4.79 Å². The van der Waals surface area contributed by atoms with Crippen molar-refractivity contribution < 1.29 is 9.53 Å². The number of aromatic nitrogens is 2. The number of ether oxygens (including phenoxy) is 1. The first-order chi connectivity index (χ1) is 19.9. The minimum atomic E-state index is -0.365. The Labute approximate surface area is 250 Å². The van der Waals surface area contributed by atoms with Crippen molar-refractivity contribution in [2.75, 3.05) is 30.0 Å². The average Bonchev–Trinajstić information content (AvgIpc) is 3.62. The first-order valence-corrected chi connectivity index (χ1v) is 14.6. The van der Waals surface area contributed by atoms with Crippen LogP contribution in [0.15, 0.2) is 85.2 Å². The summed E-state index contributed by atoms with van der Waals surface area (Å²) >= 11 is 12.9. The summed E-state index contributed by atoms with van der Waals surface area (Å²) in [5, 5.41) is 4.86. The number of hydrogen-bond acceptors (Lipinski definition) is 5. The van der Waals surface area contributed by atoms with Crippen LogP contribution in [0.2, 0.25) is 5.02 Å². The molecule has 1 N–H and O–H groups in total. The average molecular weight is 586 g/mol. The number of carbonyl (C=O) groups is 1. The third-order valence-corrected chi connectivity index (χ3v) is 8.70. The molecule has 9 heteroatoms. The molecule has 6 rings (SSSR count). The molecule has 0 bridgehead atoms. The Hall–Kier alpha value is -3.88. The highest BCUT2D eigenvalue weighted by Gasteiger charge is 2.42. The normalized spacial score (nSPS) is 19.3. The van der Waals surface area contributed by atoms with Gasteiger partial charge in [0.1, 0.15) is 6.04 Å². The standard InChI is InChI=1S/C32H32ClN5O2S/c1-21-14-18-36(19-15-21)27-13-12-24(20-25(27)33)38-30(29(35-32(38)41)26-6-3-4-16-34-26)28-7-5-17-37(28)23-10-8-22(9-11-23)31(39)40-2/h3-13,16-17,20-21,29-30H,14-15,18-19H2,1-2H3,(H,35,41)/t29-,30-/m0/s1. The summed E-state index contributed by atoms with van der Waals surface area (Å²) in [7, 11) is 1.38. The summed E-state index contributed by atoms with van der Waals surface area (Å²) < 4.78 is 7.00. The van der Waals surface area contributed by atoms with Crippen molar-refractivity contribution in [3.8, 4) is 5.69 Å². The molecule has 2 fully saturated rings. The van der Waals surface area contributed by atoms with Gasteiger partial charge in [-0.3, -0.25) is 4.98 Å². The maximum atomic E-state index is 12.0. The van der Waals surface area contributed by atoms with E-state index in [2.05, 4.69) is 49.8 Å². The number of nitrogens with zero attached hydrogens (tertiary/aromatic N) is 4. The number of hydrogen-bond donors (Lipinski definition) is 1.